The average molecular weight is 600 g/mol. The minimum Gasteiger partial charge on any atom is -0.459 e. The molecule has 1 aliphatic heterocycles. The molecule has 0 bridgehead atoms. The third-order valence-corrected chi connectivity index (χ3v) is 6.94. The number of rotatable bonds is 8. The quantitative estimate of drug-likeness (QED) is 0.139. The zero-order valence-electron chi connectivity index (χ0n) is 22.8. The SMILES string of the molecule is O=C(OC[C@H]1O[C@@H](n2cnc3c(F)nc(F)cc32)[C@H](OC(=O)c2ccccc2)[C@@H]1OC(=O)c1ccccc1)c1ccccc1. The summed E-state index contributed by atoms with van der Waals surface area (Å²) in [7, 11) is 0. The predicted octanol–water partition coefficient (Wildman–Crippen LogP) is 4.92. The fraction of sp³-hybridized carbons (Fsp3) is 0.156. The first kappa shape index (κ1) is 28.6. The van der Waals surface area contributed by atoms with Crippen molar-refractivity contribution in [2.75, 3.05) is 6.61 Å². The van der Waals surface area contributed by atoms with Gasteiger partial charge >= 0.3 is 17.9 Å². The first-order valence-corrected chi connectivity index (χ1v) is 13.5. The van der Waals surface area contributed by atoms with E-state index in [2.05, 4.69) is 9.97 Å². The number of carbonyl (C=O) groups excluding carboxylic acids is 3. The van der Waals surface area contributed by atoms with Crippen molar-refractivity contribution >= 4 is 28.9 Å². The summed E-state index contributed by atoms with van der Waals surface area (Å²) < 4.78 is 53.4. The van der Waals surface area contributed by atoms with E-state index in [9.17, 15) is 23.2 Å². The van der Waals surface area contributed by atoms with Crippen LogP contribution in [-0.4, -0.2) is 57.4 Å². The third-order valence-electron chi connectivity index (χ3n) is 6.94. The van der Waals surface area contributed by atoms with Crippen LogP contribution < -0.4 is 0 Å². The average Bonchev–Trinajstić information content (AvgIpc) is 3.62. The Morgan fingerprint density at radius 2 is 1.27 bits per heavy atom. The maximum atomic E-state index is 14.5. The fourth-order valence-electron chi connectivity index (χ4n) is 4.85. The Bertz CT molecular complexity index is 1800. The van der Waals surface area contributed by atoms with Gasteiger partial charge in [0.2, 0.25) is 11.9 Å². The van der Waals surface area contributed by atoms with E-state index in [0.29, 0.717) is 0 Å². The van der Waals surface area contributed by atoms with Crippen LogP contribution in [-0.2, 0) is 18.9 Å². The molecule has 5 aromatic rings. The van der Waals surface area contributed by atoms with Gasteiger partial charge in [-0.25, -0.2) is 19.4 Å². The number of halogens is 2. The Morgan fingerprint density at radius 1 is 0.750 bits per heavy atom. The molecule has 222 valence electrons. The molecule has 3 heterocycles. The highest BCUT2D eigenvalue weighted by molar-refractivity contribution is 5.91. The topological polar surface area (TPSA) is 119 Å². The highest BCUT2D eigenvalue weighted by Crippen LogP contribution is 2.37. The molecule has 6 rings (SSSR count). The number of benzene rings is 3. The molecule has 12 heteroatoms. The number of pyridine rings is 1. The van der Waals surface area contributed by atoms with Crippen molar-refractivity contribution in [3.8, 4) is 0 Å². The first-order chi connectivity index (χ1) is 21.4. The number of fused-ring (bicyclic) bond motifs is 1. The van der Waals surface area contributed by atoms with Crippen LogP contribution in [0.15, 0.2) is 103 Å². The van der Waals surface area contributed by atoms with Crippen LogP contribution in [0.4, 0.5) is 8.78 Å². The lowest BCUT2D eigenvalue weighted by atomic mass is 10.1. The van der Waals surface area contributed by atoms with E-state index in [-0.39, 0.29) is 27.7 Å². The normalized spacial score (nSPS) is 19.4. The van der Waals surface area contributed by atoms with E-state index in [0.717, 1.165) is 12.4 Å². The molecule has 0 radical (unpaired) electrons. The largest absolute Gasteiger partial charge is 0.459 e. The van der Waals surface area contributed by atoms with Crippen molar-refractivity contribution in [2.24, 2.45) is 0 Å². The summed E-state index contributed by atoms with van der Waals surface area (Å²) in [5.41, 5.74) is 0.337. The Morgan fingerprint density at radius 3 is 1.84 bits per heavy atom. The lowest BCUT2D eigenvalue weighted by molar-refractivity contribution is -0.0604. The molecule has 4 atom stereocenters. The highest BCUT2D eigenvalue weighted by Gasteiger charge is 2.51. The van der Waals surface area contributed by atoms with Crippen LogP contribution in [0.3, 0.4) is 0 Å². The Labute approximate surface area is 248 Å². The number of carbonyl (C=O) groups is 3. The highest BCUT2D eigenvalue weighted by atomic mass is 19.1. The molecular weight excluding hydrogens is 576 g/mol. The lowest BCUT2D eigenvalue weighted by Crippen LogP contribution is -2.41. The summed E-state index contributed by atoms with van der Waals surface area (Å²) in [5.74, 6) is -4.50. The zero-order valence-corrected chi connectivity index (χ0v) is 22.8. The maximum Gasteiger partial charge on any atom is 0.338 e. The fourth-order valence-corrected chi connectivity index (χ4v) is 4.85. The summed E-state index contributed by atoms with van der Waals surface area (Å²) in [6.07, 6.45) is -4.05. The summed E-state index contributed by atoms with van der Waals surface area (Å²) in [6.45, 7) is -0.423. The molecule has 1 fully saturated rings. The Balaban J connectivity index is 1.39. The number of nitrogens with zero attached hydrogens (tertiary/aromatic N) is 3. The standard InChI is InChI=1S/C32H23F2N3O7/c33-24-16-22-25(28(34)36-24)35-18-37(22)29-27(44-32(40)21-14-8-3-9-15-21)26(43-31(39)20-12-6-2-7-13-20)23(42-29)17-41-30(38)19-10-4-1-5-11-19/h1-16,18,23,26-27,29H,17H2/t23-,26-,27-,29-/m1/s1. The Kier molecular flexibility index (Phi) is 8.06. The van der Waals surface area contributed by atoms with Gasteiger partial charge in [-0.2, -0.15) is 13.8 Å². The molecule has 0 spiro atoms. The molecule has 0 amide bonds. The molecule has 44 heavy (non-hydrogen) atoms. The molecule has 3 aromatic carbocycles. The van der Waals surface area contributed by atoms with Gasteiger partial charge in [0, 0.05) is 6.07 Å². The molecule has 0 N–H and O–H groups in total. The first-order valence-electron chi connectivity index (χ1n) is 13.5. The summed E-state index contributed by atoms with van der Waals surface area (Å²) in [5, 5.41) is 0. The van der Waals surface area contributed by atoms with E-state index in [4.69, 9.17) is 18.9 Å². The van der Waals surface area contributed by atoms with Gasteiger partial charge in [0.15, 0.2) is 18.4 Å². The number of aromatic nitrogens is 3. The smallest absolute Gasteiger partial charge is 0.338 e. The van der Waals surface area contributed by atoms with Crippen molar-refractivity contribution in [2.45, 2.75) is 24.5 Å². The van der Waals surface area contributed by atoms with E-state index in [1.165, 1.54) is 28.8 Å². The monoisotopic (exact) mass is 599 g/mol. The van der Waals surface area contributed by atoms with Crippen LogP contribution in [0.5, 0.6) is 0 Å². The van der Waals surface area contributed by atoms with E-state index in [1.54, 1.807) is 66.7 Å². The van der Waals surface area contributed by atoms with Crippen LogP contribution in [0, 0.1) is 11.9 Å². The second-order valence-electron chi connectivity index (χ2n) is 9.76. The van der Waals surface area contributed by atoms with Gasteiger partial charge in [0.05, 0.1) is 28.5 Å². The molecule has 1 saturated heterocycles. The molecular formula is C32H23F2N3O7. The predicted molar refractivity (Wildman–Crippen MR) is 149 cm³/mol. The van der Waals surface area contributed by atoms with Crippen LogP contribution >= 0.6 is 0 Å². The van der Waals surface area contributed by atoms with E-state index < -0.39 is 60.9 Å². The van der Waals surface area contributed by atoms with Gasteiger partial charge in [0.1, 0.15) is 18.2 Å². The lowest BCUT2D eigenvalue weighted by Gasteiger charge is -2.25. The van der Waals surface area contributed by atoms with Crippen molar-refractivity contribution < 1.29 is 42.1 Å². The molecule has 10 nitrogen and oxygen atoms in total. The van der Waals surface area contributed by atoms with Crippen LogP contribution in [0.2, 0.25) is 0 Å². The van der Waals surface area contributed by atoms with Crippen molar-refractivity contribution in [1.82, 2.24) is 14.5 Å². The maximum absolute atomic E-state index is 14.5. The third kappa shape index (κ3) is 5.88. The van der Waals surface area contributed by atoms with E-state index in [1.807, 2.05) is 0 Å². The van der Waals surface area contributed by atoms with Gasteiger partial charge in [-0.3, -0.25) is 4.57 Å². The second-order valence-corrected chi connectivity index (χ2v) is 9.76. The van der Waals surface area contributed by atoms with Crippen LogP contribution in [0.25, 0.3) is 11.0 Å². The molecule has 0 saturated carbocycles. The Hall–Kier alpha value is -5.49. The van der Waals surface area contributed by atoms with Gasteiger partial charge in [-0.1, -0.05) is 54.6 Å². The minimum atomic E-state index is -1.38. The number of ether oxygens (including phenoxy) is 4. The molecule has 0 aliphatic carbocycles. The van der Waals surface area contributed by atoms with Crippen LogP contribution in [0.1, 0.15) is 37.3 Å². The van der Waals surface area contributed by atoms with Gasteiger partial charge in [-0.05, 0) is 36.4 Å². The van der Waals surface area contributed by atoms with E-state index >= 15 is 0 Å². The number of hydrogen-bond donors (Lipinski definition) is 0. The number of imidazole rings is 1. The molecule has 1 aliphatic rings. The van der Waals surface area contributed by atoms with Crippen molar-refractivity contribution in [3.05, 3.63) is 132 Å². The molecule has 2 aromatic heterocycles. The number of hydrogen-bond acceptors (Lipinski definition) is 9. The molecule has 0 unspecified atom stereocenters. The summed E-state index contributed by atoms with van der Waals surface area (Å²) >= 11 is 0. The summed E-state index contributed by atoms with van der Waals surface area (Å²) in [4.78, 5) is 46.5. The van der Waals surface area contributed by atoms with Gasteiger partial charge < -0.3 is 18.9 Å². The second kappa shape index (κ2) is 12.4. The van der Waals surface area contributed by atoms with Gasteiger partial charge in [0.25, 0.3) is 0 Å². The van der Waals surface area contributed by atoms with Crippen molar-refractivity contribution in [3.63, 3.8) is 0 Å². The number of esters is 3. The summed E-state index contributed by atoms with van der Waals surface area (Å²) in [6, 6.07) is 25.3. The zero-order chi connectivity index (χ0) is 30.6. The van der Waals surface area contributed by atoms with Crippen molar-refractivity contribution in [1.29, 1.82) is 0 Å². The van der Waals surface area contributed by atoms with Gasteiger partial charge in [-0.15, -0.1) is 0 Å². The minimum absolute atomic E-state index is 0.0594.